The molecule has 0 saturated carbocycles. The van der Waals surface area contributed by atoms with Gasteiger partial charge in [0.25, 0.3) is 5.56 Å². The Hall–Kier alpha value is -2.40. The summed E-state index contributed by atoms with van der Waals surface area (Å²) in [5.74, 6) is 0.675. The molecule has 23 heavy (non-hydrogen) atoms. The van der Waals surface area contributed by atoms with E-state index in [1.54, 1.807) is 43.1 Å². The molecule has 0 radical (unpaired) electrons. The molecule has 0 spiro atoms. The van der Waals surface area contributed by atoms with Crippen LogP contribution in [0.3, 0.4) is 0 Å². The van der Waals surface area contributed by atoms with Crippen LogP contribution in [0.2, 0.25) is 0 Å². The first kappa shape index (κ1) is 17.0. The molecule has 0 fully saturated rings. The molecule has 2 aromatic heterocycles. The van der Waals surface area contributed by atoms with Gasteiger partial charge >= 0.3 is 0 Å². The predicted octanol–water partition coefficient (Wildman–Crippen LogP) is 4.11. The van der Waals surface area contributed by atoms with Crippen LogP contribution in [-0.4, -0.2) is 18.0 Å². The van der Waals surface area contributed by atoms with Crippen LogP contribution in [0, 0.1) is 0 Å². The molecule has 0 bridgehead atoms. The summed E-state index contributed by atoms with van der Waals surface area (Å²) in [5, 5.41) is 2.57. The number of pyridine rings is 1. The van der Waals surface area contributed by atoms with Crippen LogP contribution in [-0.2, 0) is 7.05 Å². The number of hydrogen-bond acceptors (Lipinski definition) is 4. The summed E-state index contributed by atoms with van der Waals surface area (Å²) in [4.78, 5) is 23.2. The van der Waals surface area contributed by atoms with Crippen LogP contribution in [0.25, 0.3) is 21.2 Å². The van der Waals surface area contributed by atoms with E-state index in [-0.39, 0.29) is 5.56 Å². The van der Waals surface area contributed by atoms with Gasteiger partial charge in [-0.3, -0.25) is 9.59 Å². The molecule has 120 valence electrons. The Labute approximate surface area is 139 Å². The lowest BCUT2D eigenvalue weighted by atomic mass is 10.0. The Bertz CT molecular complexity index is 893. The maximum Gasteiger partial charge on any atom is 0.259 e. The van der Waals surface area contributed by atoms with Gasteiger partial charge in [-0.1, -0.05) is 13.8 Å². The summed E-state index contributed by atoms with van der Waals surface area (Å²) in [7, 11) is 3.31. The predicted molar refractivity (Wildman–Crippen MR) is 95.8 cm³/mol. The van der Waals surface area contributed by atoms with Crippen molar-refractivity contribution < 1.29 is 9.53 Å². The lowest BCUT2D eigenvalue weighted by molar-refractivity contribution is 0.112. The third-order valence-electron chi connectivity index (χ3n) is 3.43. The summed E-state index contributed by atoms with van der Waals surface area (Å²) >= 11 is 1.51. The van der Waals surface area contributed by atoms with Crippen molar-refractivity contribution in [2.75, 3.05) is 7.11 Å². The molecular formula is C18H19NO3S. The second-order valence-corrected chi connectivity index (χ2v) is 5.62. The molecular weight excluding hydrogens is 310 g/mol. The fourth-order valence-corrected chi connectivity index (χ4v) is 3.30. The lowest BCUT2D eigenvalue weighted by Crippen LogP contribution is -2.15. The van der Waals surface area contributed by atoms with E-state index in [9.17, 15) is 9.59 Å². The minimum absolute atomic E-state index is 0.0273. The molecule has 0 aliphatic rings. The SMILES string of the molecule is CC.COc1ccc(C=O)cc1-c1cn(C)c(=O)c2ccsc12. The molecule has 5 heteroatoms. The number of thiophene rings is 1. The number of aldehydes is 1. The highest BCUT2D eigenvalue weighted by Crippen LogP contribution is 2.36. The Morgan fingerprint density at radius 3 is 2.57 bits per heavy atom. The quantitative estimate of drug-likeness (QED) is 0.679. The van der Waals surface area contributed by atoms with E-state index < -0.39 is 0 Å². The maximum atomic E-state index is 12.1. The summed E-state index contributed by atoms with van der Waals surface area (Å²) in [6.07, 6.45) is 2.59. The van der Waals surface area contributed by atoms with Crippen LogP contribution in [0.1, 0.15) is 24.2 Å². The van der Waals surface area contributed by atoms with E-state index in [0.717, 1.165) is 22.1 Å². The monoisotopic (exact) mass is 329 g/mol. The Morgan fingerprint density at radius 2 is 1.91 bits per heavy atom. The Kier molecular flexibility index (Phi) is 5.34. The Morgan fingerprint density at radius 1 is 1.17 bits per heavy atom. The van der Waals surface area contributed by atoms with E-state index in [4.69, 9.17) is 4.74 Å². The van der Waals surface area contributed by atoms with Crippen molar-refractivity contribution in [1.29, 1.82) is 0 Å². The standard InChI is InChI=1S/C16H13NO3S.C2H6/c1-17-8-13(15-11(16(17)19)5-6-21-15)12-7-10(9-18)3-4-14(12)20-2;1-2/h3-9H,1-2H3;1-2H3. The molecule has 0 N–H and O–H groups in total. The number of rotatable bonds is 3. The number of carbonyl (C=O) groups is 1. The van der Waals surface area contributed by atoms with Crippen LogP contribution in [0.5, 0.6) is 5.75 Å². The minimum Gasteiger partial charge on any atom is -0.496 e. The second-order valence-electron chi connectivity index (χ2n) is 4.70. The van der Waals surface area contributed by atoms with Gasteiger partial charge in [0.15, 0.2) is 0 Å². The molecule has 0 unspecified atom stereocenters. The molecule has 1 aromatic carbocycles. The molecule has 3 rings (SSSR count). The number of nitrogens with zero attached hydrogens (tertiary/aromatic N) is 1. The Balaban J connectivity index is 0.000000924. The van der Waals surface area contributed by atoms with Crippen LogP contribution in [0.15, 0.2) is 40.6 Å². The highest BCUT2D eigenvalue weighted by molar-refractivity contribution is 7.17. The van der Waals surface area contributed by atoms with Gasteiger partial charge in [0.05, 0.1) is 12.5 Å². The number of fused-ring (bicyclic) bond motifs is 1. The highest BCUT2D eigenvalue weighted by atomic mass is 32.1. The topological polar surface area (TPSA) is 48.3 Å². The van der Waals surface area contributed by atoms with Crippen molar-refractivity contribution in [2.45, 2.75) is 13.8 Å². The van der Waals surface area contributed by atoms with Crippen LogP contribution in [0.4, 0.5) is 0 Å². The third kappa shape index (κ3) is 3.05. The molecule has 2 heterocycles. The van der Waals surface area contributed by atoms with Crippen molar-refractivity contribution >= 4 is 27.7 Å². The average molecular weight is 329 g/mol. The van der Waals surface area contributed by atoms with Crippen molar-refractivity contribution in [1.82, 2.24) is 4.57 Å². The van der Waals surface area contributed by atoms with Crippen molar-refractivity contribution in [3.05, 3.63) is 51.8 Å². The van der Waals surface area contributed by atoms with Crippen LogP contribution >= 0.6 is 11.3 Å². The molecule has 0 aliphatic heterocycles. The maximum absolute atomic E-state index is 12.1. The fourth-order valence-electron chi connectivity index (χ4n) is 2.39. The third-order valence-corrected chi connectivity index (χ3v) is 4.38. The largest absolute Gasteiger partial charge is 0.496 e. The van der Waals surface area contributed by atoms with Gasteiger partial charge in [-0.25, -0.2) is 0 Å². The molecule has 0 aliphatic carbocycles. The number of hydrogen-bond donors (Lipinski definition) is 0. The van der Waals surface area contributed by atoms with Gasteiger partial charge < -0.3 is 9.30 Å². The second kappa shape index (κ2) is 7.24. The summed E-state index contributed by atoms with van der Waals surface area (Å²) in [6.45, 7) is 4.00. The number of benzene rings is 1. The number of aromatic nitrogens is 1. The molecule has 3 aromatic rings. The van der Waals surface area contributed by atoms with Gasteiger partial charge in [-0.15, -0.1) is 11.3 Å². The van der Waals surface area contributed by atoms with Crippen molar-refractivity contribution in [3.63, 3.8) is 0 Å². The average Bonchev–Trinajstić information content (AvgIpc) is 3.09. The van der Waals surface area contributed by atoms with E-state index in [1.165, 1.54) is 11.3 Å². The summed E-state index contributed by atoms with van der Waals surface area (Å²) in [5.41, 5.74) is 2.25. The minimum atomic E-state index is -0.0273. The van der Waals surface area contributed by atoms with Gasteiger partial charge in [0.1, 0.15) is 12.0 Å². The smallest absolute Gasteiger partial charge is 0.259 e. The first-order valence-electron chi connectivity index (χ1n) is 7.36. The zero-order valence-corrected chi connectivity index (χ0v) is 14.4. The first-order valence-corrected chi connectivity index (χ1v) is 8.24. The van der Waals surface area contributed by atoms with E-state index in [0.29, 0.717) is 16.7 Å². The molecule has 0 amide bonds. The van der Waals surface area contributed by atoms with Crippen molar-refractivity contribution in [3.8, 4) is 16.9 Å². The number of methoxy groups -OCH3 is 1. The number of aryl methyl sites for hydroxylation is 1. The van der Waals surface area contributed by atoms with Gasteiger partial charge in [-0.05, 0) is 29.6 Å². The lowest BCUT2D eigenvalue weighted by Gasteiger charge is -2.11. The number of carbonyl (C=O) groups excluding carboxylic acids is 1. The zero-order valence-electron chi connectivity index (χ0n) is 13.6. The van der Waals surface area contributed by atoms with Gasteiger partial charge in [0, 0.05) is 34.6 Å². The van der Waals surface area contributed by atoms with Crippen LogP contribution < -0.4 is 10.3 Å². The summed E-state index contributed by atoms with van der Waals surface area (Å²) in [6, 6.07) is 7.08. The fraction of sp³-hybridized carbons (Fsp3) is 0.222. The zero-order chi connectivity index (χ0) is 17.0. The highest BCUT2D eigenvalue weighted by Gasteiger charge is 2.14. The van der Waals surface area contributed by atoms with Gasteiger partial charge in [-0.2, -0.15) is 0 Å². The molecule has 0 saturated heterocycles. The van der Waals surface area contributed by atoms with Gasteiger partial charge in [0.2, 0.25) is 0 Å². The number of ether oxygens (including phenoxy) is 1. The van der Waals surface area contributed by atoms with E-state index in [2.05, 4.69) is 0 Å². The molecule has 0 atom stereocenters. The summed E-state index contributed by atoms with van der Waals surface area (Å²) < 4.78 is 7.85. The van der Waals surface area contributed by atoms with Crippen molar-refractivity contribution in [2.24, 2.45) is 7.05 Å². The first-order chi connectivity index (χ1) is 11.2. The normalized spacial score (nSPS) is 10.1. The molecule has 4 nitrogen and oxygen atoms in total. The van der Waals surface area contributed by atoms with E-state index >= 15 is 0 Å². The van der Waals surface area contributed by atoms with E-state index in [1.807, 2.05) is 25.3 Å².